The van der Waals surface area contributed by atoms with E-state index in [1.54, 1.807) is 0 Å². The summed E-state index contributed by atoms with van der Waals surface area (Å²) >= 11 is 0. The zero-order valence-corrected chi connectivity index (χ0v) is 9.47. The van der Waals surface area contributed by atoms with Gasteiger partial charge in [0.25, 0.3) is 0 Å². The Balaban J connectivity index is 4.49. The smallest absolute Gasteiger partial charge is 0.330 e. The first-order chi connectivity index (χ1) is 7.97. The second-order valence-corrected chi connectivity index (χ2v) is 3.32. The fraction of sp³-hybridized carbons (Fsp3) is 0.364. The van der Waals surface area contributed by atoms with Crippen molar-refractivity contribution in [3.05, 3.63) is 25.3 Å². The average Bonchev–Trinajstić information content (AvgIpc) is 2.33. The molecule has 0 aromatic rings. The predicted molar refractivity (Wildman–Crippen MR) is 58.8 cm³/mol. The summed E-state index contributed by atoms with van der Waals surface area (Å²) in [5.74, 6) is -1.32. The number of carbonyl (C=O) groups excluding carboxylic acids is 3. The van der Waals surface area contributed by atoms with E-state index in [0.717, 1.165) is 12.2 Å². The normalized spacial score (nSPS) is 9.71. The third-order valence-electron chi connectivity index (χ3n) is 1.70. The standard InChI is InChI=1S/C11H13NO5/c1-4-9(14)16-6-11(3,12-8-13)7-17-10(15)5-2/h4-5H,1-2,6-7H2,3H3. The molecule has 0 saturated carbocycles. The summed E-state index contributed by atoms with van der Waals surface area (Å²) in [6, 6.07) is 0. The lowest BCUT2D eigenvalue weighted by molar-refractivity contribution is -0.143. The van der Waals surface area contributed by atoms with Crippen LogP contribution in [0.3, 0.4) is 0 Å². The van der Waals surface area contributed by atoms with E-state index in [4.69, 9.17) is 9.47 Å². The van der Waals surface area contributed by atoms with Gasteiger partial charge in [0, 0.05) is 12.2 Å². The first kappa shape index (κ1) is 14.8. The molecule has 0 aliphatic heterocycles. The molecule has 0 atom stereocenters. The van der Waals surface area contributed by atoms with Gasteiger partial charge in [0.05, 0.1) is 0 Å². The van der Waals surface area contributed by atoms with E-state index in [0.29, 0.717) is 0 Å². The lowest BCUT2D eigenvalue weighted by atomic mass is 10.1. The van der Waals surface area contributed by atoms with E-state index >= 15 is 0 Å². The van der Waals surface area contributed by atoms with Crippen LogP contribution in [-0.4, -0.2) is 36.8 Å². The Morgan fingerprint density at radius 1 is 1.24 bits per heavy atom. The maximum absolute atomic E-state index is 10.9. The monoisotopic (exact) mass is 239 g/mol. The Morgan fingerprint density at radius 2 is 1.65 bits per heavy atom. The summed E-state index contributed by atoms with van der Waals surface area (Å²) in [5, 5.41) is 0. The lowest BCUT2D eigenvalue weighted by Gasteiger charge is -2.21. The van der Waals surface area contributed by atoms with Crippen molar-refractivity contribution in [3.8, 4) is 0 Å². The Bertz CT molecular complexity index is 344. The molecule has 0 fully saturated rings. The average molecular weight is 239 g/mol. The first-order valence-electron chi connectivity index (χ1n) is 4.65. The fourth-order valence-electron chi connectivity index (χ4n) is 0.787. The van der Waals surface area contributed by atoms with Crippen LogP contribution in [0.2, 0.25) is 0 Å². The van der Waals surface area contributed by atoms with Gasteiger partial charge in [-0.15, -0.1) is 0 Å². The van der Waals surface area contributed by atoms with Crippen molar-refractivity contribution in [1.29, 1.82) is 0 Å². The molecular weight excluding hydrogens is 226 g/mol. The second-order valence-electron chi connectivity index (χ2n) is 3.32. The van der Waals surface area contributed by atoms with Crippen molar-refractivity contribution in [3.63, 3.8) is 0 Å². The quantitative estimate of drug-likeness (QED) is 0.280. The molecule has 6 heteroatoms. The third-order valence-corrected chi connectivity index (χ3v) is 1.70. The molecule has 0 aliphatic carbocycles. The van der Waals surface area contributed by atoms with Crippen LogP contribution in [0.25, 0.3) is 0 Å². The summed E-state index contributed by atoms with van der Waals surface area (Å²) in [4.78, 5) is 35.4. The van der Waals surface area contributed by atoms with E-state index in [-0.39, 0.29) is 13.2 Å². The maximum atomic E-state index is 10.9. The number of nitrogens with zero attached hydrogens (tertiary/aromatic N) is 1. The maximum Gasteiger partial charge on any atom is 0.330 e. The van der Waals surface area contributed by atoms with Gasteiger partial charge in [-0.05, 0) is 6.92 Å². The molecule has 0 heterocycles. The van der Waals surface area contributed by atoms with Gasteiger partial charge >= 0.3 is 11.9 Å². The molecule has 0 aromatic heterocycles. The molecule has 6 nitrogen and oxygen atoms in total. The highest BCUT2D eigenvalue weighted by Gasteiger charge is 2.27. The number of isocyanates is 1. The molecule has 0 aliphatic rings. The molecule has 17 heavy (non-hydrogen) atoms. The molecule has 0 radical (unpaired) electrons. The number of ether oxygens (including phenoxy) is 2. The van der Waals surface area contributed by atoms with Crippen molar-refractivity contribution in [1.82, 2.24) is 0 Å². The third kappa shape index (κ3) is 6.06. The van der Waals surface area contributed by atoms with Gasteiger partial charge in [0.15, 0.2) is 0 Å². The Morgan fingerprint density at radius 3 is 1.94 bits per heavy atom. The van der Waals surface area contributed by atoms with E-state index in [2.05, 4.69) is 18.2 Å². The first-order valence-corrected chi connectivity index (χ1v) is 4.65. The van der Waals surface area contributed by atoms with Crippen LogP contribution in [0.5, 0.6) is 0 Å². The van der Waals surface area contributed by atoms with Gasteiger partial charge in [-0.3, -0.25) is 0 Å². The predicted octanol–water partition coefficient (Wildman–Crippen LogP) is 0.539. The van der Waals surface area contributed by atoms with Crippen LogP contribution in [0.1, 0.15) is 6.92 Å². The number of rotatable bonds is 7. The number of hydrogen-bond acceptors (Lipinski definition) is 6. The number of aliphatic imine (C=N–C) groups is 1. The minimum atomic E-state index is -1.17. The highest BCUT2D eigenvalue weighted by Crippen LogP contribution is 2.11. The Labute approximate surface area is 98.6 Å². The number of carbonyl (C=O) groups is 2. The van der Waals surface area contributed by atoms with Crippen LogP contribution >= 0.6 is 0 Å². The van der Waals surface area contributed by atoms with Crippen molar-refractivity contribution in [2.24, 2.45) is 4.99 Å². The fourth-order valence-corrected chi connectivity index (χ4v) is 0.787. The van der Waals surface area contributed by atoms with Crippen LogP contribution in [0.4, 0.5) is 0 Å². The zero-order chi connectivity index (χ0) is 13.3. The van der Waals surface area contributed by atoms with Crippen molar-refractivity contribution in [2.45, 2.75) is 12.5 Å². The second kappa shape index (κ2) is 7.14. The van der Waals surface area contributed by atoms with E-state index in [1.807, 2.05) is 0 Å². The number of esters is 2. The van der Waals surface area contributed by atoms with Gasteiger partial charge in [0.2, 0.25) is 6.08 Å². The van der Waals surface area contributed by atoms with Gasteiger partial charge in [-0.25, -0.2) is 14.4 Å². The number of hydrogen-bond donors (Lipinski definition) is 0. The molecule has 0 bridgehead atoms. The molecular formula is C11H13NO5. The van der Waals surface area contributed by atoms with Crippen molar-refractivity contribution >= 4 is 18.0 Å². The van der Waals surface area contributed by atoms with Gasteiger partial charge in [0.1, 0.15) is 18.8 Å². The van der Waals surface area contributed by atoms with E-state index in [1.165, 1.54) is 13.0 Å². The molecule has 0 unspecified atom stereocenters. The lowest BCUT2D eigenvalue weighted by Crippen LogP contribution is -2.36. The van der Waals surface area contributed by atoms with Crippen LogP contribution in [-0.2, 0) is 23.9 Å². The minimum absolute atomic E-state index is 0.225. The highest BCUT2D eigenvalue weighted by atomic mass is 16.5. The molecule has 0 rings (SSSR count). The molecule has 0 amide bonds. The Hall–Kier alpha value is -2.20. The van der Waals surface area contributed by atoms with Crippen LogP contribution in [0.15, 0.2) is 30.3 Å². The largest absolute Gasteiger partial charge is 0.460 e. The summed E-state index contributed by atoms with van der Waals surface area (Å²) in [7, 11) is 0. The van der Waals surface area contributed by atoms with E-state index < -0.39 is 17.5 Å². The molecule has 0 aromatic carbocycles. The van der Waals surface area contributed by atoms with Crippen LogP contribution < -0.4 is 0 Å². The van der Waals surface area contributed by atoms with Crippen molar-refractivity contribution in [2.75, 3.05) is 13.2 Å². The van der Waals surface area contributed by atoms with Crippen LogP contribution in [0, 0.1) is 0 Å². The van der Waals surface area contributed by atoms with Gasteiger partial charge in [-0.2, -0.15) is 4.99 Å². The summed E-state index contributed by atoms with van der Waals surface area (Å²) in [5.41, 5.74) is -1.17. The minimum Gasteiger partial charge on any atom is -0.460 e. The zero-order valence-electron chi connectivity index (χ0n) is 9.47. The topological polar surface area (TPSA) is 82.0 Å². The highest BCUT2D eigenvalue weighted by molar-refractivity contribution is 5.81. The summed E-state index contributed by atoms with van der Waals surface area (Å²) in [6.45, 7) is 7.45. The molecule has 0 N–H and O–H groups in total. The van der Waals surface area contributed by atoms with Gasteiger partial charge < -0.3 is 9.47 Å². The summed E-state index contributed by atoms with van der Waals surface area (Å²) < 4.78 is 9.46. The molecule has 0 spiro atoms. The van der Waals surface area contributed by atoms with Crippen molar-refractivity contribution < 1.29 is 23.9 Å². The van der Waals surface area contributed by atoms with E-state index in [9.17, 15) is 14.4 Å². The Kier molecular flexibility index (Phi) is 6.21. The SMILES string of the molecule is C=CC(=O)OCC(C)(COC(=O)C=C)N=C=O. The van der Waals surface area contributed by atoms with Gasteiger partial charge in [-0.1, -0.05) is 13.2 Å². The molecule has 92 valence electrons. The molecule has 0 saturated heterocycles. The summed E-state index contributed by atoms with van der Waals surface area (Å²) in [6.07, 6.45) is 3.28.